The van der Waals surface area contributed by atoms with Gasteiger partial charge >= 0.3 is 0 Å². The predicted octanol–water partition coefficient (Wildman–Crippen LogP) is 4.24. The minimum absolute atomic E-state index is 0.0146. The Balaban J connectivity index is 1.45. The molecule has 1 aromatic heterocycles. The van der Waals surface area contributed by atoms with Crippen molar-refractivity contribution in [1.29, 1.82) is 10.5 Å². The van der Waals surface area contributed by atoms with Gasteiger partial charge in [0.15, 0.2) is 0 Å². The normalized spacial score (nSPS) is 13.3. The number of aromatic nitrogens is 2. The standard InChI is InChI=1S/C30H27N7O3S2/c31-17-23-1-3-25(4-2-23)20-36-22-33-19-28(36)21-37(42(39,40)29-11-5-24(18-32)6-12-29)27-9-7-26(8-10-27)34-13-15-35(16-14-34)30(38)41/h1-12,19,22H,13-16,20-21H2,(H,38,41). The number of carbonyl (C=O) groups excluding carboxylic acids is 1. The number of amides is 1. The number of hydrogen-bond acceptors (Lipinski definition) is 7. The molecule has 10 nitrogen and oxygen atoms in total. The number of sulfonamides is 1. The number of anilines is 2. The Kier molecular flexibility index (Phi) is 8.48. The number of hydrogen-bond donors (Lipinski definition) is 1. The molecule has 2 heterocycles. The number of piperazine rings is 1. The summed E-state index contributed by atoms with van der Waals surface area (Å²) < 4.78 is 31.2. The van der Waals surface area contributed by atoms with E-state index in [4.69, 9.17) is 5.26 Å². The molecule has 0 spiro atoms. The van der Waals surface area contributed by atoms with Crippen molar-refractivity contribution in [2.45, 2.75) is 18.0 Å². The molecule has 0 bridgehead atoms. The van der Waals surface area contributed by atoms with Crippen LogP contribution in [0.15, 0.2) is 90.2 Å². The molecule has 0 unspecified atom stereocenters. The summed E-state index contributed by atoms with van der Waals surface area (Å²) in [6, 6.07) is 24.5. The number of carbonyl (C=O) groups is 1. The summed E-state index contributed by atoms with van der Waals surface area (Å²) in [6.45, 7) is 2.88. The summed E-state index contributed by atoms with van der Waals surface area (Å²) in [4.78, 5) is 19.7. The third-order valence-corrected chi connectivity index (χ3v) is 9.24. The van der Waals surface area contributed by atoms with Gasteiger partial charge in [0.25, 0.3) is 15.3 Å². The molecule has 0 radical (unpaired) electrons. The molecule has 1 aliphatic rings. The van der Waals surface area contributed by atoms with Gasteiger partial charge in [-0.15, -0.1) is 0 Å². The molecular formula is C30H27N7O3S2. The lowest BCUT2D eigenvalue weighted by Gasteiger charge is -2.35. The van der Waals surface area contributed by atoms with E-state index in [0.717, 1.165) is 11.3 Å². The first-order valence-corrected chi connectivity index (χ1v) is 15.0. The van der Waals surface area contributed by atoms with Gasteiger partial charge in [0, 0.05) is 44.6 Å². The fourth-order valence-corrected chi connectivity index (χ4v) is 6.42. The van der Waals surface area contributed by atoms with Crippen LogP contribution in [-0.4, -0.2) is 54.3 Å². The maximum atomic E-state index is 14.0. The van der Waals surface area contributed by atoms with E-state index in [9.17, 15) is 18.5 Å². The van der Waals surface area contributed by atoms with Gasteiger partial charge in [0.1, 0.15) is 0 Å². The van der Waals surface area contributed by atoms with Crippen molar-refractivity contribution in [2.24, 2.45) is 0 Å². The quantitative estimate of drug-likeness (QED) is 0.301. The van der Waals surface area contributed by atoms with Crippen LogP contribution in [0, 0.1) is 22.7 Å². The third-order valence-electron chi connectivity index (χ3n) is 7.16. The summed E-state index contributed by atoms with van der Waals surface area (Å²) in [7, 11) is -4.03. The smallest absolute Gasteiger partial charge is 0.278 e. The zero-order valence-electron chi connectivity index (χ0n) is 22.5. The largest absolute Gasteiger partial charge is 0.368 e. The van der Waals surface area contributed by atoms with E-state index < -0.39 is 10.0 Å². The highest BCUT2D eigenvalue weighted by atomic mass is 32.2. The fraction of sp³-hybridized carbons (Fsp3) is 0.200. The first kappa shape index (κ1) is 28.7. The minimum atomic E-state index is -4.03. The number of rotatable bonds is 8. The molecule has 1 saturated heterocycles. The Morgan fingerprint density at radius 2 is 1.48 bits per heavy atom. The van der Waals surface area contributed by atoms with Crippen LogP contribution in [0.1, 0.15) is 22.4 Å². The first-order valence-electron chi connectivity index (χ1n) is 13.1. The average Bonchev–Trinajstić information content (AvgIpc) is 3.46. The lowest BCUT2D eigenvalue weighted by atomic mass is 10.1. The van der Waals surface area contributed by atoms with Crippen molar-refractivity contribution < 1.29 is 13.2 Å². The van der Waals surface area contributed by atoms with E-state index in [1.54, 1.807) is 41.7 Å². The molecule has 3 aromatic carbocycles. The lowest BCUT2D eigenvalue weighted by molar-refractivity contribution is 0.220. The van der Waals surface area contributed by atoms with E-state index in [0.29, 0.717) is 55.2 Å². The third kappa shape index (κ3) is 6.25. The highest BCUT2D eigenvalue weighted by Crippen LogP contribution is 2.29. The number of thiol groups is 1. The molecular weight excluding hydrogens is 571 g/mol. The van der Waals surface area contributed by atoms with E-state index >= 15 is 0 Å². The SMILES string of the molecule is N#Cc1ccc(Cn2cncc2CN(c2ccc(N3CCN(C(=O)S)CC3)cc2)S(=O)(=O)c2ccc(C#N)cc2)cc1. The van der Waals surface area contributed by atoms with Gasteiger partial charge in [-0.2, -0.15) is 10.5 Å². The highest BCUT2D eigenvalue weighted by Gasteiger charge is 2.27. The van der Waals surface area contributed by atoms with Crippen LogP contribution >= 0.6 is 12.6 Å². The second-order valence-corrected chi connectivity index (χ2v) is 12.0. The zero-order chi connectivity index (χ0) is 29.7. The number of benzene rings is 3. The van der Waals surface area contributed by atoms with Crippen molar-refractivity contribution >= 4 is 39.3 Å². The predicted molar refractivity (Wildman–Crippen MR) is 162 cm³/mol. The van der Waals surface area contributed by atoms with Crippen LogP contribution in [0.3, 0.4) is 0 Å². The van der Waals surface area contributed by atoms with E-state index in [2.05, 4.69) is 28.6 Å². The van der Waals surface area contributed by atoms with Crippen molar-refractivity contribution in [3.63, 3.8) is 0 Å². The van der Waals surface area contributed by atoms with Crippen molar-refractivity contribution in [3.8, 4) is 12.1 Å². The van der Waals surface area contributed by atoms with Gasteiger partial charge in [-0.1, -0.05) is 24.8 Å². The molecule has 42 heavy (non-hydrogen) atoms. The van der Waals surface area contributed by atoms with Crippen LogP contribution in [0.5, 0.6) is 0 Å². The fourth-order valence-electron chi connectivity index (χ4n) is 4.78. The Hall–Kier alpha value is -4.78. The van der Waals surface area contributed by atoms with Crippen LogP contribution in [0.25, 0.3) is 0 Å². The second-order valence-electron chi connectivity index (χ2n) is 9.74. The molecule has 1 amide bonds. The summed E-state index contributed by atoms with van der Waals surface area (Å²) in [5.74, 6) is 0. The maximum Gasteiger partial charge on any atom is 0.278 e. The van der Waals surface area contributed by atoms with E-state index in [1.165, 1.54) is 28.6 Å². The minimum Gasteiger partial charge on any atom is -0.368 e. The van der Waals surface area contributed by atoms with Crippen molar-refractivity contribution in [2.75, 3.05) is 35.4 Å². The Morgan fingerprint density at radius 3 is 2.05 bits per heavy atom. The topological polar surface area (TPSA) is 126 Å². The van der Waals surface area contributed by atoms with Gasteiger partial charge in [-0.25, -0.2) is 13.4 Å². The maximum absolute atomic E-state index is 14.0. The summed E-state index contributed by atoms with van der Waals surface area (Å²) >= 11 is 3.91. The first-order chi connectivity index (χ1) is 20.3. The molecule has 12 heteroatoms. The van der Waals surface area contributed by atoms with Gasteiger partial charge in [0.2, 0.25) is 0 Å². The van der Waals surface area contributed by atoms with Crippen LogP contribution in [0.4, 0.5) is 16.2 Å². The molecule has 1 aliphatic heterocycles. The van der Waals surface area contributed by atoms with Crippen LogP contribution < -0.4 is 9.21 Å². The Morgan fingerprint density at radius 1 is 0.881 bits per heavy atom. The van der Waals surface area contributed by atoms with Gasteiger partial charge in [-0.05, 0) is 66.2 Å². The van der Waals surface area contributed by atoms with Crippen molar-refractivity contribution in [3.05, 3.63) is 108 Å². The molecule has 212 valence electrons. The van der Waals surface area contributed by atoms with Gasteiger partial charge in [0.05, 0.1) is 52.4 Å². The Labute approximate surface area is 250 Å². The second kappa shape index (κ2) is 12.4. The lowest BCUT2D eigenvalue weighted by Crippen LogP contribution is -2.47. The van der Waals surface area contributed by atoms with E-state index in [1.807, 2.05) is 34.9 Å². The zero-order valence-corrected chi connectivity index (χ0v) is 24.2. The molecule has 0 saturated carbocycles. The summed E-state index contributed by atoms with van der Waals surface area (Å²) in [5.41, 5.74) is 3.94. The molecule has 5 rings (SSSR count). The molecule has 0 N–H and O–H groups in total. The van der Waals surface area contributed by atoms with Crippen LogP contribution in [0.2, 0.25) is 0 Å². The Bertz CT molecular complexity index is 1750. The van der Waals surface area contributed by atoms with Crippen LogP contribution in [-0.2, 0) is 23.1 Å². The summed E-state index contributed by atoms with van der Waals surface area (Å²) in [6.07, 6.45) is 3.29. The number of nitriles is 2. The molecule has 4 aromatic rings. The monoisotopic (exact) mass is 597 g/mol. The average molecular weight is 598 g/mol. The molecule has 0 aliphatic carbocycles. The summed E-state index contributed by atoms with van der Waals surface area (Å²) in [5, 5.41) is 18.0. The van der Waals surface area contributed by atoms with Gasteiger partial charge in [-0.3, -0.25) is 9.10 Å². The van der Waals surface area contributed by atoms with Crippen molar-refractivity contribution in [1.82, 2.24) is 14.5 Å². The van der Waals surface area contributed by atoms with E-state index in [-0.39, 0.29) is 16.7 Å². The van der Waals surface area contributed by atoms with Gasteiger partial charge < -0.3 is 14.4 Å². The molecule has 1 fully saturated rings. The number of imidazole rings is 1. The molecule has 0 atom stereocenters. The number of nitrogens with zero attached hydrogens (tertiary/aromatic N) is 7. The highest BCUT2D eigenvalue weighted by molar-refractivity contribution is 7.96.